The van der Waals surface area contributed by atoms with E-state index in [-0.39, 0.29) is 36.4 Å². The first kappa shape index (κ1) is 22.9. The molecule has 1 aliphatic heterocycles. The molecule has 1 aliphatic carbocycles. The maximum absolute atomic E-state index is 12.7. The third-order valence-corrected chi connectivity index (χ3v) is 4.94. The van der Waals surface area contributed by atoms with Gasteiger partial charge in [0, 0.05) is 38.5 Å². The van der Waals surface area contributed by atoms with Crippen molar-refractivity contribution in [2.75, 3.05) is 44.3 Å². The first-order valence-corrected chi connectivity index (χ1v) is 10.3. The van der Waals surface area contributed by atoms with Gasteiger partial charge in [-0.05, 0) is 56.6 Å². The molecule has 1 fully saturated rings. The average Bonchev–Trinajstić information content (AvgIpc) is 3.52. The van der Waals surface area contributed by atoms with Crippen LogP contribution in [0.1, 0.15) is 38.2 Å². The van der Waals surface area contributed by atoms with Crippen LogP contribution in [0.4, 0.5) is 5.69 Å². The molecule has 0 atom stereocenters. The lowest BCUT2D eigenvalue weighted by Crippen LogP contribution is -2.41. The number of ether oxygens (including phenoxy) is 1. The number of aliphatic imine (C=N–C) groups is 1. The molecule has 0 bridgehead atoms. The van der Waals surface area contributed by atoms with Gasteiger partial charge in [0.05, 0.1) is 0 Å². The van der Waals surface area contributed by atoms with Gasteiger partial charge >= 0.3 is 0 Å². The van der Waals surface area contributed by atoms with Gasteiger partial charge in [0.1, 0.15) is 6.54 Å². The number of hydrogen-bond acceptors (Lipinski definition) is 3. The molecule has 6 nitrogen and oxygen atoms in total. The highest BCUT2D eigenvalue weighted by atomic mass is 127. The molecule has 1 aromatic carbocycles. The summed E-state index contributed by atoms with van der Waals surface area (Å²) < 4.78 is 5.65. The summed E-state index contributed by atoms with van der Waals surface area (Å²) in [5.74, 6) is 1.55. The highest BCUT2D eigenvalue weighted by molar-refractivity contribution is 14.0. The first-order valence-electron chi connectivity index (χ1n) is 10.3. The number of para-hydroxylation sites is 1. The Bertz CT molecular complexity index is 649. The van der Waals surface area contributed by atoms with Gasteiger partial charge in [0.2, 0.25) is 5.91 Å². The van der Waals surface area contributed by atoms with E-state index in [1.54, 1.807) is 0 Å². The number of benzene rings is 1. The van der Waals surface area contributed by atoms with Crippen molar-refractivity contribution in [2.24, 2.45) is 10.9 Å². The predicted octanol–water partition coefficient (Wildman–Crippen LogP) is 2.96. The van der Waals surface area contributed by atoms with Crippen LogP contribution < -0.4 is 15.5 Å². The van der Waals surface area contributed by atoms with Gasteiger partial charge in [0.25, 0.3) is 0 Å². The Kier molecular flexibility index (Phi) is 10.0. The highest BCUT2D eigenvalue weighted by Crippen LogP contribution is 2.28. The Morgan fingerprint density at radius 3 is 2.89 bits per heavy atom. The largest absolute Gasteiger partial charge is 0.381 e. The number of nitrogens with zero attached hydrogens (tertiary/aromatic N) is 2. The van der Waals surface area contributed by atoms with Gasteiger partial charge in [-0.15, -0.1) is 24.0 Å². The van der Waals surface area contributed by atoms with Crippen LogP contribution in [-0.2, 0) is 16.0 Å². The molecule has 156 valence electrons. The zero-order valence-corrected chi connectivity index (χ0v) is 19.1. The third kappa shape index (κ3) is 7.24. The number of nitrogens with one attached hydrogen (secondary N) is 2. The molecule has 28 heavy (non-hydrogen) atoms. The van der Waals surface area contributed by atoms with Crippen LogP contribution in [0.5, 0.6) is 0 Å². The number of carbonyl (C=O) groups excluding carboxylic acids is 1. The van der Waals surface area contributed by atoms with E-state index in [0.29, 0.717) is 5.96 Å². The van der Waals surface area contributed by atoms with Crippen LogP contribution in [0.15, 0.2) is 29.3 Å². The summed E-state index contributed by atoms with van der Waals surface area (Å²) in [5.41, 5.74) is 2.28. The lowest BCUT2D eigenvalue weighted by atomic mass is 10.0. The summed E-state index contributed by atoms with van der Waals surface area (Å²) in [4.78, 5) is 19.1. The number of anilines is 1. The summed E-state index contributed by atoms with van der Waals surface area (Å²) in [7, 11) is 0. The maximum Gasteiger partial charge on any atom is 0.248 e. The van der Waals surface area contributed by atoms with Crippen molar-refractivity contribution in [3.63, 3.8) is 0 Å². The topological polar surface area (TPSA) is 66.0 Å². The van der Waals surface area contributed by atoms with Crippen LogP contribution in [0.2, 0.25) is 0 Å². The molecular formula is C21H33IN4O2. The second kappa shape index (κ2) is 12.3. The van der Waals surface area contributed by atoms with Crippen molar-refractivity contribution in [1.29, 1.82) is 0 Å². The summed E-state index contributed by atoms with van der Waals surface area (Å²) >= 11 is 0. The summed E-state index contributed by atoms with van der Waals surface area (Å²) in [5, 5.41) is 6.50. The van der Waals surface area contributed by atoms with Crippen molar-refractivity contribution >= 4 is 41.5 Å². The minimum absolute atomic E-state index is 0. The lowest BCUT2D eigenvalue weighted by molar-refractivity contribution is -0.117. The van der Waals surface area contributed by atoms with E-state index in [4.69, 9.17) is 4.74 Å². The van der Waals surface area contributed by atoms with Crippen LogP contribution in [0.3, 0.4) is 0 Å². The van der Waals surface area contributed by atoms with Gasteiger partial charge in [-0.1, -0.05) is 18.2 Å². The molecule has 1 aromatic rings. The van der Waals surface area contributed by atoms with Crippen molar-refractivity contribution in [1.82, 2.24) is 10.6 Å². The van der Waals surface area contributed by atoms with Crippen LogP contribution in [-0.4, -0.2) is 51.3 Å². The number of guanidine groups is 1. The van der Waals surface area contributed by atoms with E-state index in [2.05, 4.69) is 21.7 Å². The van der Waals surface area contributed by atoms with Gasteiger partial charge in [-0.3, -0.25) is 4.79 Å². The fourth-order valence-electron chi connectivity index (χ4n) is 3.28. The van der Waals surface area contributed by atoms with Crippen LogP contribution in [0, 0.1) is 5.92 Å². The smallest absolute Gasteiger partial charge is 0.248 e. The molecule has 1 amide bonds. The van der Waals surface area contributed by atoms with Crippen molar-refractivity contribution in [2.45, 2.75) is 39.0 Å². The second-order valence-electron chi connectivity index (χ2n) is 7.27. The minimum atomic E-state index is 0. The number of aryl methyl sites for hydroxylation is 1. The molecule has 2 N–H and O–H groups in total. The molecule has 0 spiro atoms. The predicted molar refractivity (Wildman–Crippen MR) is 125 cm³/mol. The molecule has 0 aromatic heterocycles. The Morgan fingerprint density at radius 1 is 1.29 bits per heavy atom. The normalized spacial score (nSPS) is 16.2. The van der Waals surface area contributed by atoms with E-state index in [9.17, 15) is 4.79 Å². The monoisotopic (exact) mass is 500 g/mol. The van der Waals surface area contributed by atoms with Crippen molar-refractivity contribution in [3.8, 4) is 0 Å². The average molecular weight is 500 g/mol. The first-order chi connectivity index (χ1) is 13.3. The third-order valence-electron chi connectivity index (χ3n) is 4.94. The molecule has 0 unspecified atom stereocenters. The summed E-state index contributed by atoms with van der Waals surface area (Å²) in [6.07, 6.45) is 5.63. The number of fused-ring (bicyclic) bond motifs is 1. The number of amides is 1. The molecule has 0 radical (unpaired) electrons. The van der Waals surface area contributed by atoms with Crippen molar-refractivity contribution in [3.05, 3.63) is 29.8 Å². The molecular weight excluding hydrogens is 467 g/mol. The Hall–Kier alpha value is -1.35. The quantitative estimate of drug-likeness (QED) is 0.237. The van der Waals surface area contributed by atoms with Crippen molar-refractivity contribution < 1.29 is 9.53 Å². The molecule has 7 heteroatoms. The Balaban J connectivity index is 0.00000280. The summed E-state index contributed by atoms with van der Waals surface area (Å²) in [6, 6.07) is 8.16. The molecule has 1 heterocycles. The Labute approximate surface area is 185 Å². The van der Waals surface area contributed by atoms with E-state index in [1.165, 1.54) is 18.4 Å². The molecule has 2 aliphatic rings. The lowest BCUT2D eigenvalue weighted by Gasteiger charge is -2.29. The molecule has 0 saturated heterocycles. The van der Waals surface area contributed by atoms with E-state index >= 15 is 0 Å². The standard InChI is InChI=1S/C21H32N4O2.HI/c1-2-22-21(23-12-6-14-27-16-17-10-11-17)24-15-20(26)25-13-5-8-18-7-3-4-9-19(18)25;/h3-4,7,9,17H,2,5-6,8,10-16H2,1H3,(H2,22,23,24);1H. The molecule has 3 rings (SSSR count). The zero-order chi connectivity index (χ0) is 18.9. The van der Waals surface area contributed by atoms with E-state index in [1.807, 2.05) is 30.0 Å². The van der Waals surface area contributed by atoms with Gasteiger partial charge in [-0.2, -0.15) is 0 Å². The Morgan fingerprint density at radius 2 is 2.11 bits per heavy atom. The summed E-state index contributed by atoms with van der Waals surface area (Å²) in [6.45, 7) is 6.18. The number of halogens is 1. The zero-order valence-electron chi connectivity index (χ0n) is 16.8. The van der Waals surface area contributed by atoms with E-state index < -0.39 is 0 Å². The van der Waals surface area contributed by atoms with E-state index in [0.717, 1.165) is 63.7 Å². The number of hydrogen-bond donors (Lipinski definition) is 2. The fourth-order valence-corrected chi connectivity index (χ4v) is 3.28. The number of rotatable bonds is 9. The second-order valence-corrected chi connectivity index (χ2v) is 7.27. The fraction of sp³-hybridized carbons (Fsp3) is 0.619. The maximum atomic E-state index is 12.7. The highest BCUT2D eigenvalue weighted by Gasteiger charge is 2.22. The van der Waals surface area contributed by atoms with Crippen LogP contribution in [0.25, 0.3) is 0 Å². The van der Waals surface area contributed by atoms with Gasteiger partial charge in [0.15, 0.2) is 5.96 Å². The molecule has 1 saturated carbocycles. The van der Waals surface area contributed by atoms with Gasteiger partial charge in [-0.25, -0.2) is 4.99 Å². The van der Waals surface area contributed by atoms with Gasteiger partial charge < -0.3 is 20.3 Å². The minimum Gasteiger partial charge on any atom is -0.381 e. The van der Waals surface area contributed by atoms with Crippen LogP contribution >= 0.6 is 24.0 Å². The SMILES string of the molecule is CCNC(=NCC(=O)N1CCCc2ccccc21)NCCCOCC1CC1.I. The number of carbonyl (C=O) groups is 1.